The molecule has 2 fully saturated rings. The topological polar surface area (TPSA) is 45.3 Å². The number of hydrogen-bond donors (Lipinski definition) is 0. The molecule has 0 radical (unpaired) electrons. The average Bonchev–Trinajstić information content (AvgIpc) is 3.10. The molecule has 0 saturated carbocycles. The molecule has 180 valence electrons. The lowest BCUT2D eigenvalue weighted by molar-refractivity contribution is -0.157. The molecule has 0 N–H and O–H groups in total. The third kappa shape index (κ3) is 6.32. The van der Waals surface area contributed by atoms with Gasteiger partial charge in [0.25, 0.3) is 0 Å². The number of halogens is 1. The summed E-state index contributed by atoms with van der Waals surface area (Å²) in [5, 5.41) is 0. The number of carbonyl (C=O) groups excluding carboxylic acids is 1. The van der Waals surface area contributed by atoms with Gasteiger partial charge >= 0.3 is 0 Å². The Labute approximate surface area is 199 Å². The highest BCUT2D eigenvalue weighted by molar-refractivity contribution is 7.12. The van der Waals surface area contributed by atoms with E-state index >= 15 is 0 Å². The first-order valence-electron chi connectivity index (χ1n) is 11.6. The number of aryl methyl sites for hydroxylation is 2. The van der Waals surface area contributed by atoms with Crippen LogP contribution in [0.2, 0.25) is 0 Å². The van der Waals surface area contributed by atoms with E-state index in [1.54, 1.807) is 12.1 Å². The maximum Gasteiger partial charge on any atom is 0.225 e. The Kier molecular flexibility index (Phi) is 7.69. The number of nitrogens with zero attached hydrogens (tertiary/aromatic N) is 3. The first-order chi connectivity index (χ1) is 15.8. The van der Waals surface area contributed by atoms with E-state index in [1.165, 1.54) is 27.5 Å². The Morgan fingerprint density at radius 3 is 2.55 bits per heavy atom. The number of ether oxygens (including phenoxy) is 2. The van der Waals surface area contributed by atoms with Crippen molar-refractivity contribution in [2.75, 3.05) is 59.5 Å². The summed E-state index contributed by atoms with van der Waals surface area (Å²) in [5.74, 6) is 0.381. The Morgan fingerprint density at radius 1 is 1.15 bits per heavy atom. The van der Waals surface area contributed by atoms with Gasteiger partial charge in [0, 0.05) is 55.6 Å². The molecule has 4 rings (SSSR count). The standard InChI is InChI=1S/C25H34FN3O3S/c1-19-14-21(20(2)33-19)16-28-12-13-32-25(17-28,18-31-23-6-4-22(26)5-7-23)15-24(30)29-10-8-27(3)9-11-29/h4-7,14H,8-13,15-18H2,1-3H3. The predicted octanol–water partition coefficient (Wildman–Crippen LogP) is 3.32. The molecular weight excluding hydrogens is 441 g/mol. The number of carbonyl (C=O) groups is 1. The molecule has 1 unspecified atom stereocenters. The van der Waals surface area contributed by atoms with Crippen molar-refractivity contribution in [3.05, 3.63) is 51.5 Å². The van der Waals surface area contributed by atoms with Crippen molar-refractivity contribution in [1.82, 2.24) is 14.7 Å². The number of rotatable bonds is 7. The third-order valence-corrected chi connectivity index (χ3v) is 7.52. The SMILES string of the molecule is Cc1cc(CN2CCOC(COc3ccc(F)cc3)(CC(=O)N3CCN(C)CC3)C2)c(C)s1. The first kappa shape index (κ1) is 24.1. The largest absolute Gasteiger partial charge is 0.491 e. The Balaban J connectivity index is 1.48. The van der Waals surface area contributed by atoms with Crippen molar-refractivity contribution < 1.29 is 18.7 Å². The summed E-state index contributed by atoms with van der Waals surface area (Å²) in [6.07, 6.45) is 0.274. The number of piperazine rings is 1. The van der Waals surface area contributed by atoms with Crippen molar-refractivity contribution >= 4 is 17.2 Å². The summed E-state index contributed by atoms with van der Waals surface area (Å²) in [5.41, 5.74) is 0.588. The van der Waals surface area contributed by atoms with E-state index < -0.39 is 5.60 Å². The molecule has 0 bridgehead atoms. The molecule has 1 amide bonds. The quantitative estimate of drug-likeness (QED) is 0.615. The number of benzene rings is 1. The van der Waals surface area contributed by atoms with Crippen molar-refractivity contribution in [2.45, 2.75) is 32.4 Å². The molecule has 0 aliphatic carbocycles. The lowest BCUT2D eigenvalue weighted by atomic mass is 9.96. The Hall–Kier alpha value is -2.00. The summed E-state index contributed by atoms with van der Waals surface area (Å²) < 4.78 is 25.7. The van der Waals surface area contributed by atoms with Gasteiger partial charge in [0.2, 0.25) is 5.91 Å². The lowest BCUT2D eigenvalue weighted by Gasteiger charge is -2.43. The Bertz CT molecular complexity index is 943. The molecule has 8 heteroatoms. The van der Waals surface area contributed by atoms with Crippen LogP contribution in [0.3, 0.4) is 0 Å². The van der Waals surface area contributed by atoms with Crippen LogP contribution in [0.1, 0.15) is 21.7 Å². The number of hydrogen-bond acceptors (Lipinski definition) is 6. The summed E-state index contributed by atoms with van der Waals surface area (Å²) in [6, 6.07) is 8.24. The fourth-order valence-corrected chi connectivity index (χ4v) is 5.51. The summed E-state index contributed by atoms with van der Waals surface area (Å²) in [4.78, 5) is 22.4. The van der Waals surface area contributed by atoms with E-state index in [2.05, 4.69) is 36.8 Å². The highest BCUT2D eigenvalue weighted by atomic mass is 32.1. The van der Waals surface area contributed by atoms with Gasteiger partial charge in [-0.15, -0.1) is 11.3 Å². The van der Waals surface area contributed by atoms with Crippen LogP contribution in [0.4, 0.5) is 4.39 Å². The molecular formula is C25H34FN3O3S. The minimum absolute atomic E-state index is 0.107. The third-order valence-electron chi connectivity index (χ3n) is 6.51. The van der Waals surface area contributed by atoms with Crippen LogP contribution in [0.25, 0.3) is 0 Å². The van der Waals surface area contributed by atoms with Crippen molar-refractivity contribution in [1.29, 1.82) is 0 Å². The van der Waals surface area contributed by atoms with Crippen LogP contribution in [-0.4, -0.2) is 85.7 Å². The molecule has 2 saturated heterocycles. The van der Waals surface area contributed by atoms with Crippen LogP contribution in [0.5, 0.6) is 5.75 Å². The Morgan fingerprint density at radius 2 is 1.88 bits per heavy atom. The van der Waals surface area contributed by atoms with Crippen LogP contribution >= 0.6 is 11.3 Å². The maximum atomic E-state index is 13.3. The summed E-state index contributed by atoms with van der Waals surface area (Å²) in [6.45, 7) is 10.6. The number of likely N-dealkylation sites (N-methyl/N-ethyl adjacent to an activating group) is 1. The minimum atomic E-state index is -0.744. The molecule has 33 heavy (non-hydrogen) atoms. The van der Waals surface area contributed by atoms with Crippen molar-refractivity contribution in [3.63, 3.8) is 0 Å². The van der Waals surface area contributed by atoms with Gasteiger partial charge in [0.05, 0.1) is 13.0 Å². The highest BCUT2D eigenvalue weighted by Crippen LogP contribution is 2.28. The second kappa shape index (κ2) is 10.5. The lowest BCUT2D eigenvalue weighted by Crippen LogP contribution is -2.58. The van der Waals surface area contributed by atoms with Crippen molar-refractivity contribution in [2.24, 2.45) is 0 Å². The zero-order valence-corrected chi connectivity index (χ0v) is 20.6. The number of amides is 1. The van der Waals surface area contributed by atoms with E-state index in [9.17, 15) is 9.18 Å². The van der Waals surface area contributed by atoms with E-state index in [4.69, 9.17) is 9.47 Å². The molecule has 2 aromatic rings. The average molecular weight is 476 g/mol. The predicted molar refractivity (Wildman–Crippen MR) is 128 cm³/mol. The molecule has 3 heterocycles. The van der Waals surface area contributed by atoms with E-state index in [1.807, 2.05) is 16.2 Å². The molecule has 2 aliphatic heterocycles. The second-order valence-corrected chi connectivity index (χ2v) is 10.7. The van der Waals surface area contributed by atoms with Gasteiger partial charge < -0.3 is 19.3 Å². The minimum Gasteiger partial charge on any atom is -0.491 e. The van der Waals surface area contributed by atoms with Gasteiger partial charge in [-0.2, -0.15) is 0 Å². The fourth-order valence-electron chi connectivity index (χ4n) is 4.57. The van der Waals surface area contributed by atoms with Crippen LogP contribution in [0, 0.1) is 19.7 Å². The van der Waals surface area contributed by atoms with Crippen LogP contribution < -0.4 is 4.74 Å². The maximum absolute atomic E-state index is 13.3. The van der Waals surface area contributed by atoms with Crippen molar-refractivity contribution in [3.8, 4) is 5.75 Å². The molecule has 1 aromatic carbocycles. The zero-order chi connectivity index (χ0) is 23.4. The molecule has 6 nitrogen and oxygen atoms in total. The van der Waals surface area contributed by atoms with E-state index in [-0.39, 0.29) is 24.8 Å². The highest BCUT2D eigenvalue weighted by Gasteiger charge is 2.41. The van der Waals surface area contributed by atoms with Gasteiger partial charge in [0.1, 0.15) is 23.8 Å². The molecule has 0 spiro atoms. The van der Waals surface area contributed by atoms with E-state index in [0.717, 1.165) is 39.3 Å². The zero-order valence-electron chi connectivity index (χ0n) is 19.8. The molecule has 1 atom stereocenters. The van der Waals surface area contributed by atoms with Gasteiger partial charge in [0.15, 0.2) is 0 Å². The molecule has 2 aliphatic rings. The summed E-state index contributed by atoms with van der Waals surface area (Å²) >= 11 is 1.82. The van der Waals surface area contributed by atoms with E-state index in [0.29, 0.717) is 18.9 Å². The summed E-state index contributed by atoms with van der Waals surface area (Å²) in [7, 11) is 2.08. The number of morpholine rings is 1. The normalized spacial score (nSPS) is 22.5. The van der Waals surface area contributed by atoms with Gasteiger partial charge in [-0.3, -0.25) is 9.69 Å². The number of thiophene rings is 1. The van der Waals surface area contributed by atoms with Crippen LogP contribution in [0.15, 0.2) is 30.3 Å². The second-order valence-electron chi connectivity index (χ2n) is 9.28. The van der Waals surface area contributed by atoms with Crippen LogP contribution in [-0.2, 0) is 16.1 Å². The van der Waals surface area contributed by atoms with Gasteiger partial charge in [-0.1, -0.05) is 0 Å². The van der Waals surface area contributed by atoms with Gasteiger partial charge in [-0.05, 0) is 56.8 Å². The van der Waals surface area contributed by atoms with Gasteiger partial charge in [-0.25, -0.2) is 4.39 Å². The smallest absolute Gasteiger partial charge is 0.225 e. The molecule has 1 aromatic heterocycles. The first-order valence-corrected chi connectivity index (χ1v) is 12.4. The monoisotopic (exact) mass is 475 g/mol. The fraction of sp³-hybridized carbons (Fsp3) is 0.560.